The van der Waals surface area contributed by atoms with E-state index in [0.717, 1.165) is 29.0 Å². The van der Waals surface area contributed by atoms with Crippen LogP contribution in [-0.4, -0.2) is 5.91 Å². The summed E-state index contributed by atoms with van der Waals surface area (Å²) in [5, 5.41) is 2.81. The van der Waals surface area contributed by atoms with Crippen molar-refractivity contribution in [3.8, 4) is 11.5 Å². The molecule has 32 heavy (non-hydrogen) atoms. The molecule has 160 valence electrons. The lowest BCUT2D eigenvalue weighted by atomic mass is 9.89. The van der Waals surface area contributed by atoms with Crippen LogP contribution in [0, 0.1) is 5.82 Å². The summed E-state index contributed by atoms with van der Waals surface area (Å²) >= 11 is 0. The average Bonchev–Trinajstić information content (AvgIpc) is 2.80. The molecule has 0 aliphatic rings. The number of benzene rings is 4. The zero-order valence-electron chi connectivity index (χ0n) is 17.6. The minimum atomic E-state index is -0.377. The van der Waals surface area contributed by atoms with Gasteiger partial charge in [-0.05, 0) is 65.9 Å². The Hall–Kier alpha value is -3.92. The summed E-state index contributed by atoms with van der Waals surface area (Å²) in [5.74, 6) is 0.952. The molecule has 1 unspecified atom stereocenters. The van der Waals surface area contributed by atoms with E-state index in [2.05, 4.69) is 17.4 Å². The van der Waals surface area contributed by atoms with Crippen molar-refractivity contribution in [2.75, 3.05) is 5.32 Å². The number of anilines is 1. The highest BCUT2D eigenvalue weighted by atomic mass is 19.1. The van der Waals surface area contributed by atoms with Gasteiger partial charge in [-0.1, -0.05) is 66.7 Å². The summed E-state index contributed by atoms with van der Waals surface area (Å²) in [7, 11) is 0. The van der Waals surface area contributed by atoms with Gasteiger partial charge in [0, 0.05) is 12.1 Å². The van der Waals surface area contributed by atoms with Gasteiger partial charge in [-0.3, -0.25) is 4.79 Å². The predicted octanol–water partition coefficient (Wildman–Crippen LogP) is 6.97. The summed E-state index contributed by atoms with van der Waals surface area (Å²) in [6.45, 7) is 0. The summed E-state index contributed by atoms with van der Waals surface area (Å²) < 4.78 is 19.4. The zero-order valence-corrected chi connectivity index (χ0v) is 17.6. The third kappa shape index (κ3) is 6.05. The second-order valence-corrected chi connectivity index (χ2v) is 7.63. The third-order valence-corrected chi connectivity index (χ3v) is 5.20. The molecule has 0 heterocycles. The summed E-state index contributed by atoms with van der Waals surface area (Å²) in [4.78, 5) is 12.7. The van der Waals surface area contributed by atoms with E-state index in [0.29, 0.717) is 5.69 Å². The van der Waals surface area contributed by atoms with Crippen molar-refractivity contribution in [3.63, 3.8) is 0 Å². The number of carbonyl (C=O) groups is 1. The van der Waals surface area contributed by atoms with Gasteiger partial charge >= 0.3 is 0 Å². The molecule has 0 bridgehead atoms. The summed E-state index contributed by atoms with van der Waals surface area (Å²) in [6, 6.07) is 33.5. The second-order valence-electron chi connectivity index (χ2n) is 7.63. The maximum Gasteiger partial charge on any atom is 0.224 e. The van der Waals surface area contributed by atoms with Gasteiger partial charge in [0.25, 0.3) is 0 Å². The van der Waals surface area contributed by atoms with Crippen molar-refractivity contribution in [1.29, 1.82) is 0 Å². The zero-order chi connectivity index (χ0) is 22.2. The van der Waals surface area contributed by atoms with Gasteiger partial charge in [-0.25, -0.2) is 4.39 Å². The van der Waals surface area contributed by atoms with Crippen LogP contribution >= 0.6 is 0 Å². The Bertz CT molecular complexity index is 1140. The topological polar surface area (TPSA) is 38.3 Å². The van der Waals surface area contributed by atoms with Crippen molar-refractivity contribution in [2.24, 2.45) is 0 Å². The van der Waals surface area contributed by atoms with Gasteiger partial charge in [-0.2, -0.15) is 0 Å². The molecule has 3 nitrogen and oxygen atoms in total. The molecule has 4 heteroatoms. The molecule has 4 aromatic rings. The highest BCUT2D eigenvalue weighted by molar-refractivity contribution is 5.91. The Morgan fingerprint density at radius 3 is 2.12 bits per heavy atom. The van der Waals surface area contributed by atoms with E-state index in [1.807, 2.05) is 72.8 Å². The number of halogens is 1. The van der Waals surface area contributed by atoms with Crippen LogP contribution in [0.4, 0.5) is 10.1 Å². The van der Waals surface area contributed by atoms with Crippen molar-refractivity contribution < 1.29 is 13.9 Å². The number of hydrogen-bond acceptors (Lipinski definition) is 2. The van der Waals surface area contributed by atoms with E-state index in [9.17, 15) is 9.18 Å². The average molecular weight is 426 g/mol. The summed E-state index contributed by atoms with van der Waals surface area (Å²) in [5.41, 5.74) is 2.66. The summed E-state index contributed by atoms with van der Waals surface area (Å²) in [6.07, 6.45) is 1.00. The van der Waals surface area contributed by atoms with E-state index < -0.39 is 0 Å². The van der Waals surface area contributed by atoms with E-state index in [4.69, 9.17) is 4.74 Å². The van der Waals surface area contributed by atoms with Gasteiger partial charge < -0.3 is 10.1 Å². The smallest absolute Gasteiger partial charge is 0.224 e. The number of para-hydroxylation sites is 1. The molecule has 0 aromatic heterocycles. The van der Waals surface area contributed by atoms with E-state index in [-0.39, 0.29) is 24.1 Å². The molecule has 1 atom stereocenters. The van der Waals surface area contributed by atoms with Gasteiger partial charge in [-0.15, -0.1) is 0 Å². The Kier molecular flexibility index (Phi) is 6.93. The number of ether oxygens (including phenoxy) is 1. The molecule has 0 aliphatic heterocycles. The minimum Gasteiger partial charge on any atom is -0.457 e. The van der Waals surface area contributed by atoms with E-state index in [1.54, 1.807) is 12.1 Å². The maximum atomic E-state index is 13.5. The minimum absolute atomic E-state index is 0.0308. The van der Waals surface area contributed by atoms with Gasteiger partial charge in [0.1, 0.15) is 17.3 Å². The van der Waals surface area contributed by atoms with Crippen molar-refractivity contribution >= 4 is 11.6 Å². The van der Waals surface area contributed by atoms with Crippen LogP contribution in [0.3, 0.4) is 0 Å². The van der Waals surface area contributed by atoms with Crippen LogP contribution in [0.1, 0.15) is 23.5 Å². The van der Waals surface area contributed by atoms with E-state index >= 15 is 0 Å². The lowest BCUT2D eigenvalue weighted by molar-refractivity contribution is -0.116. The van der Waals surface area contributed by atoms with Crippen molar-refractivity contribution in [2.45, 2.75) is 18.8 Å². The monoisotopic (exact) mass is 425 g/mol. The number of amides is 1. The normalized spacial score (nSPS) is 11.5. The van der Waals surface area contributed by atoms with Gasteiger partial charge in [0.05, 0.1) is 0 Å². The highest BCUT2D eigenvalue weighted by Gasteiger charge is 2.18. The van der Waals surface area contributed by atoms with Crippen LogP contribution < -0.4 is 10.1 Å². The molecule has 0 saturated carbocycles. The number of hydrogen-bond donors (Lipinski definition) is 1. The maximum absolute atomic E-state index is 13.5. The Morgan fingerprint density at radius 2 is 1.44 bits per heavy atom. The number of nitrogens with one attached hydrogen (secondary N) is 1. The van der Waals surface area contributed by atoms with Crippen LogP contribution in [0.15, 0.2) is 109 Å². The Morgan fingerprint density at radius 1 is 0.781 bits per heavy atom. The fraction of sp³-hybridized carbons (Fsp3) is 0.107. The van der Waals surface area contributed by atoms with Gasteiger partial charge in [0.15, 0.2) is 0 Å². The molecule has 0 spiro atoms. The molecule has 0 radical (unpaired) electrons. The third-order valence-electron chi connectivity index (χ3n) is 5.20. The van der Waals surface area contributed by atoms with Crippen LogP contribution in [-0.2, 0) is 11.2 Å². The second kappa shape index (κ2) is 10.4. The molecule has 4 rings (SSSR count). The first-order valence-electron chi connectivity index (χ1n) is 10.6. The highest BCUT2D eigenvalue weighted by Crippen LogP contribution is 2.28. The number of rotatable bonds is 8. The molecule has 4 aromatic carbocycles. The molecule has 1 N–H and O–H groups in total. The molecule has 1 amide bonds. The predicted molar refractivity (Wildman–Crippen MR) is 125 cm³/mol. The van der Waals surface area contributed by atoms with Crippen LogP contribution in [0.5, 0.6) is 11.5 Å². The Balaban J connectivity index is 1.50. The van der Waals surface area contributed by atoms with E-state index in [1.165, 1.54) is 12.1 Å². The first kappa shape index (κ1) is 21.3. The lowest BCUT2D eigenvalue weighted by Gasteiger charge is -2.18. The van der Waals surface area contributed by atoms with Gasteiger partial charge in [0.2, 0.25) is 5.91 Å². The fourth-order valence-electron chi connectivity index (χ4n) is 3.64. The molecular weight excluding hydrogens is 401 g/mol. The standard InChI is InChI=1S/C28H24FNO2/c29-24-10-7-11-25(20-24)30-28(31)19-23(18-21-8-3-1-4-9-21)22-14-16-27(17-15-22)32-26-12-5-2-6-13-26/h1-17,20,23H,18-19H2,(H,30,31). The van der Waals surface area contributed by atoms with Crippen LogP contribution in [0.25, 0.3) is 0 Å². The lowest BCUT2D eigenvalue weighted by Crippen LogP contribution is -2.17. The number of carbonyl (C=O) groups excluding carboxylic acids is 1. The first-order chi connectivity index (χ1) is 15.7. The molecule has 0 saturated heterocycles. The van der Waals surface area contributed by atoms with Crippen LogP contribution in [0.2, 0.25) is 0 Å². The first-order valence-corrected chi connectivity index (χ1v) is 10.6. The van der Waals surface area contributed by atoms with Crippen molar-refractivity contribution in [1.82, 2.24) is 0 Å². The Labute approximate surface area is 187 Å². The quantitative estimate of drug-likeness (QED) is 0.331. The molecule has 0 fully saturated rings. The fourth-order valence-corrected chi connectivity index (χ4v) is 3.64. The SMILES string of the molecule is O=C(CC(Cc1ccccc1)c1ccc(Oc2ccccc2)cc1)Nc1cccc(F)c1. The van der Waals surface area contributed by atoms with Crippen molar-refractivity contribution in [3.05, 3.63) is 126 Å². The largest absolute Gasteiger partial charge is 0.457 e. The molecule has 0 aliphatic carbocycles. The molecular formula is C28H24FNO2.